The molecule has 0 heterocycles. The lowest BCUT2D eigenvalue weighted by molar-refractivity contribution is -0.172. The second kappa shape index (κ2) is 7.78. The summed E-state index contributed by atoms with van der Waals surface area (Å²) in [5, 5.41) is 2.82. The zero-order valence-corrected chi connectivity index (χ0v) is 17.0. The third-order valence-electron chi connectivity index (χ3n) is 6.94. The molecule has 6 rings (SSSR count). The first-order valence-corrected chi connectivity index (χ1v) is 10.9. The van der Waals surface area contributed by atoms with Gasteiger partial charge in [-0.05, 0) is 80.5 Å². The molecule has 1 N–H and O–H groups in total. The summed E-state index contributed by atoms with van der Waals surface area (Å²) in [5.41, 5.74) is 0.209. The Morgan fingerprint density at radius 1 is 0.867 bits per heavy atom. The molecule has 0 unspecified atom stereocenters. The molecule has 5 nitrogen and oxygen atoms in total. The molecular formula is C25H27NO4. The Morgan fingerprint density at radius 3 is 2.13 bits per heavy atom. The molecule has 0 spiro atoms. The van der Waals surface area contributed by atoms with E-state index in [-0.39, 0.29) is 23.9 Å². The number of ether oxygens (including phenoxy) is 2. The van der Waals surface area contributed by atoms with Crippen molar-refractivity contribution in [3.05, 3.63) is 54.6 Å². The van der Waals surface area contributed by atoms with Crippen LogP contribution in [0.15, 0.2) is 54.6 Å². The van der Waals surface area contributed by atoms with Crippen molar-refractivity contribution in [1.82, 2.24) is 0 Å². The Labute approximate surface area is 176 Å². The van der Waals surface area contributed by atoms with Crippen LogP contribution in [0, 0.1) is 23.2 Å². The highest BCUT2D eigenvalue weighted by Gasteiger charge is 2.55. The van der Waals surface area contributed by atoms with E-state index in [1.807, 2.05) is 42.5 Å². The van der Waals surface area contributed by atoms with E-state index in [1.54, 1.807) is 12.1 Å². The number of benzene rings is 2. The number of amides is 1. The molecule has 4 aliphatic carbocycles. The molecule has 0 radical (unpaired) electrons. The van der Waals surface area contributed by atoms with Crippen LogP contribution in [0.4, 0.5) is 5.69 Å². The van der Waals surface area contributed by atoms with E-state index < -0.39 is 0 Å². The van der Waals surface area contributed by atoms with Gasteiger partial charge < -0.3 is 14.8 Å². The maximum atomic E-state index is 12.9. The first kappa shape index (κ1) is 19.2. The summed E-state index contributed by atoms with van der Waals surface area (Å²) < 4.78 is 11.4. The van der Waals surface area contributed by atoms with Gasteiger partial charge in [-0.25, -0.2) is 0 Å². The van der Waals surface area contributed by atoms with Crippen molar-refractivity contribution in [2.45, 2.75) is 38.5 Å². The highest BCUT2D eigenvalue weighted by Crippen LogP contribution is 2.60. The van der Waals surface area contributed by atoms with Crippen LogP contribution >= 0.6 is 0 Å². The zero-order valence-electron chi connectivity index (χ0n) is 17.0. The SMILES string of the molecule is O=C(COC(=O)C12CC3CC(CC(C3)C1)C2)Nc1ccccc1Oc1ccccc1. The average Bonchev–Trinajstić information content (AvgIpc) is 2.73. The molecule has 0 aliphatic heterocycles. The molecule has 2 aromatic carbocycles. The Morgan fingerprint density at radius 2 is 1.47 bits per heavy atom. The highest BCUT2D eigenvalue weighted by atomic mass is 16.5. The lowest BCUT2D eigenvalue weighted by Crippen LogP contribution is -2.50. The van der Waals surface area contributed by atoms with Gasteiger partial charge in [-0.15, -0.1) is 0 Å². The largest absolute Gasteiger partial charge is 0.455 e. The van der Waals surface area contributed by atoms with Crippen molar-refractivity contribution in [2.24, 2.45) is 23.2 Å². The number of anilines is 1. The molecule has 0 atom stereocenters. The Hall–Kier alpha value is -2.82. The molecule has 0 saturated heterocycles. The predicted molar refractivity (Wildman–Crippen MR) is 113 cm³/mol. The fourth-order valence-corrected chi connectivity index (χ4v) is 6.11. The van der Waals surface area contributed by atoms with Gasteiger partial charge in [0.25, 0.3) is 5.91 Å². The topological polar surface area (TPSA) is 64.6 Å². The van der Waals surface area contributed by atoms with Crippen molar-refractivity contribution < 1.29 is 19.1 Å². The van der Waals surface area contributed by atoms with Gasteiger partial charge in [0.05, 0.1) is 11.1 Å². The summed E-state index contributed by atoms with van der Waals surface area (Å²) in [6.07, 6.45) is 6.62. The van der Waals surface area contributed by atoms with Crippen molar-refractivity contribution in [3.63, 3.8) is 0 Å². The lowest BCUT2D eigenvalue weighted by Gasteiger charge is -2.55. The number of esters is 1. The standard InChI is InChI=1S/C25H27NO4/c27-23(26-21-8-4-5-9-22(21)30-20-6-2-1-3-7-20)16-29-24(28)25-13-17-10-18(14-25)12-19(11-17)15-25/h1-9,17-19H,10-16H2,(H,26,27). The van der Waals surface area contributed by atoms with E-state index in [4.69, 9.17) is 9.47 Å². The highest BCUT2D eigenvalue weighted by molar-refractivity contribution is 5.94. The van der Waals surface area contributed by atoms with Crippen LogP contribution in [-0.2, 0) is 14.3 Å². The second-order valence-electron chi connectivity index (χ2n) is 9.23. The number of carbonyl (C=O) groups is 2. The lowest BCUT2D eigenvalue weighted by atomic mass is 9.49. The third kappa shape index (κ3) is 3.81. The van der Waals surface area contributed by atoms with Crippen molar-refractivity contribution in [3.8, 4) is 11.5 Å². The molecule has 5 heteroatoms. The minimum Gasteiger partial charge on any atom is -0.455 e. The van der Waals surface area contributed by atoms with E-state index in [9.17, 15) is 9.59 Å². The second-order valence-corrected chi connectivity index (χ2v) is 9.23. The van der Waals surface area contributed by atoms with Crippen LogP contribution in [0.25, 0.3) is 0 Å². The summed E-state index contributed by atoms with van der Waals surface area (Å²) in [5.74, 6) is 2.71. The molecule has 4 bridgehead atoms. The minimum absolute atomic E-state index is 0.175. The first-order valence-electron chi connectivity index (χ1n) is 10.9. The fourth-order valence-electron chi connectivity index (χ4n) is 6.11. The summed E-state index contributed by atoms with van der Waals surface area (Å²) in [6, 6.07) is 16.6. The molecule has 4 aliphatic rings. The quantitative estimate of drug-likeness (QED) is 0.673. The predicted octanol–water partition coefficient (Wildman–Crippen LogP) is 5.18. The first-order chi connectivity index (χ1) is 14.6. The van der Waals surface area contributed by atoms with Gasteiger partial charge in [-0.2, -0.15) is 0 Å². The van der Waals surface area contributed by atoms with E-state index in [2.05, 4.69) is 5.32 Å². The Bertz CT molecular complexity index is 904. The van der Waals surface area contributed by atoms with E-state index >= 15 is 0 Å². The number of hydrogen-bond acceptors (Lipinski definition) is 4. The van der Waals surface area contributed by atoms with Gasteiger partial charge in [0.1, 0.15) is 5.75 Å². The van der Waals surface area contributed by atoms with Gasteiger partial charge in [-0.1, -0.05) is 30.3 Å². The number of carbonyl (C=O) groups excluding carboxylic acids is 2. The summed E-state index contributed by atoms with van der Waals surface area (Å²) in [6.45, 7) is -0.264. The van der Waals surface area contributed by atoms with Crippen molar-refractivity contribution >= 4 is 17.6 Å². The summed E-state index contributed by atoms with van der Waals surface area (Å²) >= 11 is 0. The molecule has 156 valence electrons. The minimum atomic E-state index is -0.350. The molecule has 0 aromatic heterocycles. The van der Waals surface area contributed by atoms with E-state index in [0.29, 0.717) is 34.9 Å². The van der Waals surface area contributed by atoms with Gasteiger partial charge in [0.15, 0.2) is 12.4 Å². The van der Waals surface area contributed by atoms with Crippen LogP contribution in [0.5, 0.6) is 11.5 Å². The van der Waals surface area contributed by atoms with Crippen molar-refractivity contribution in [2.75, 3.05) is 11.9 Å². The van der Waals surface area contributed by atoms with Crippen LogP contribution in [0.3, 0.4) is 0 Å². The fraction of sp³-hybridized carbons (Fsp3) is 0.440. The summed E-state index contributed by atoms with van der Waals surface area (Å²) in [7, 11) is 0. The molecule has 2 aromatic rings. The van der Waals surface area contributed by atoms with Crippen LogP contribution in [0.2, 0.25) is 0 Å². The number of nitrogens with one attached hydrogen (secondary N) is 1. The van der Waals surface area contributed by atoms with E-state index in [0.717, 1.165) is 19.3 Å². The molecule has 4 fully saturated rings. The third-order valence-corrected chi connectivity index (χ3v) is 6.94. The average molecular weight is 405 g/mol. The van der Waals surface area contributed by atoms with Crippen molar-refractivity contribution in [1.29, 1.82) is 0 Å². The van der Waals surface area contributed by atoms with Crippen LogP contribution in [0.1, 0.15) is 38.5 Å². The normalized spacial score (nSPS) is 28.7. The number of rotatable bonds is 6. The summed E-state index contributed by atoms with van der Waals surface area (Å²) in [4.78, 5) is 25.4. The van der Waals surface area contributed by atoms with E-state index in [1.165, 1.54) is 19.3 Å². The molecule has 4 saturated carbocycles. The molecular weight excluding hydrogens is 378 g/mol. The smallest absolute Gasteiger partial charge is 0.312 e. The van der Waals surface area contributed by atoms with Gasteiger partial charge in [0.2, 0.25) is 0 Å². The van der Waals surface area contributed by atoms with Crippen LogP contribution < -0.4 is 10.1 Å². The monoisotopic (exact) mass is 405 g/mol. The van der Waals surface area contributed by atoms with Gasteiger partial charge in [-0.3, -0.25) is 9.59 Å². The zero-order chi connectivity index (χ0) is 20.6. The maximum Gasteiger partial charge on any atom is 0.312 e. The van der Waals surface area contributed by atoms with Gasteiger partial charge in [0, 0.05) is 0 Å². The maximum absolute atomic E-state index is 12.9. The van der Waals surface area contributed by atoms with Crippen LogP contribution in [-0.4, -0.2) is 18.5 Å². The Kier molecular flexibility index (Phi) is 4.97. The van der Waals surface area contributed by atoms with Gasteiger partial charge >= 0.3 is 5.97 Å². The number of hydrogen-bond donors (Lipinski definition) is 1. The molecule has 30 heavy (non-hydrogen) atoms. The number of para-hydroxylation sites is 3. The molecule has 1 amide bonds. The Balaban J connectivity index is 1.20.